The molecule has 0 spiro atoms. The number of H-pyrrole nitrogens is 1. The highest BCUT2D eigenvalue weighted by Crippen LogP contribution is 2.37. The van der Waals surface area contributed by atoms with Crippen molar-refractivity contribution in [2.75, 3.05) is 18.4 Å². The van der Waals surface area contributed by atoms with Gasteiger partial charge in [-0.3, -0.25) is 0 Å². The Kier molecular flexibility index (Phi) is 7.34. The Balaban J connectivity index is 1.23. The third-order valence-electron chi connectivity index (χ3n) is 7.35. The highest BCUT2D eigenvalue weighted by atomic mass is 19.4. The van der Waals surface area contributed by atoms with Crippen molar-refractivity contribution in [2.45, 2.75) is 50.4 Å². The molecule has 212 valence electrons. The van der Waals surface area contributed by atoms with Crippen molar-refractivity contribution in [3.63, 3.8) is 0 Å². The minimum absolute atomic E-state index is 0.0163. The lowest BCUT2D eigenvalue weighted by Gasteiger charge is -2.30. The number of anilines is 1. The molecule has 2 N–H and O–H groups in total. The van der Waals surface area contributed by atoms with Gasteiger partial charge < -0.3 is 19.9 Å². The molecule has 1 aliphatic heterocycles. The van der Waals surface area contributed by atoms with E-state index in [-0.39, 0.29) is 18.6 Å². The molecule has 3 heterocycles. The van der Waals surface area contributed by atoms with Gasteiger partial charge in [0.15, 0.2) is 0 Å². The van der Waals surface area contributed by atoms with Crippen molar-refractivity contribution >= 4 is 12.0 Å². The van der Waals surface area contributed by atoms with E-state index in [1.54, 1.807) is 23.2 Å². The summed E-state index contributed by atoms with van der Waals surface area (Å²) >= 11 is 0. The summed E-state index contributed by atoms with van der Waals surface area (Å²) in [5.74, 6) is 1.11. The van der Waals surface area contributed by atoms with Gasteiger partial charge in [-0.2, -0.15) is 13.2 Å². The minimum atomic E-state index is -4.48. The Morgan fingerprint density at radius 1 is 1.00 bits per heavy atom. The Morgan fingerprint density at radius 2 is 1.78 bits per heavy atom. The number of benzene rings is 2. The van der Waals surface area contributed by atoms with E-state index in [2.05, 4.69) is 20.3 Å². The second-order valence-corrected chi connectivity index (χ2v) is 10.4. The van der Waals surface area contributed by atoms with Crippen LogP contribution in [-0.2, 0) is 17.5 Å². The zero-order chi connectivity index (χ0) is 28.4. The number of likely N-dealkylation sites (tertiary alicyclic amines) is 1. The molecule has 4 aromatic rings. The van der Waals surface area contributed by atoms with Crippen LogP contribution >= 0.6 is 0 Å². The van der Waals surface area contributed by atoms with Crippen LogP contribution in [-0.4, -0.2) is 50.1 Å². The van der Waals surface area contributed by atoms with Gasteiger partial charge in [-0.05, 0) is 49.4 Å². The van der Waals surface area contributed by atoms with Gasteiger partial charge in [0.25, 0.3) is 0 Å². The van der Waals surface area contributed by atoms with Crippen molar-refractivity contribution in [3.05, 3.63) is 83.8 Å². The van der Waals surface area contributed by atoms with Crippen molar-refractivity contribution in [1.82, 2.24) is 24.8 Å². The van der Waals surface area contributed by atoms with Crippen LogP contribution in [0.1, 0.15) is 48.6 Å². The maximum absolute atomic E-state index is 13.5. The fraction of sp³-hybridized carbons (Fsp3) is 0.333. The molecule has 8 nitrogen and oxygen atoms in total. The molecular weight excluding hydrogens is 533 g/mol. The fourth-order valence-electron chi connectivity index (χ4n) is 4.95. The Morgan fingerprint density at radius 3 is 2.51 bits per heavy atom. The normalized spacial score (nSPS) is 16.0. The van der Waals surface area contributed by atoms with Gasteiger partial charge in [0.1, 0.15) is 12.4 Å². The number of aromatic nitrogens is 4. The minimum Gasteiger partial charge on any atom is -0.445 e. The van der Waals surface area contributed by atoms with E-state index in [1.165, 1.54) is 6.07 Å². The summed E-state index contributed by atoms with van der Waals surface area (Å²) in [6, 6.07) is 16.7. The number of carbonyl (C=O) groups excluding carboxylic acids is 1. The molecule has 2 aromatic carbocycles. The molecule has 2 fully saturated rings. The lowest BCUT2D eigenvalue weighted by molar-refractivity contribution is -0.137. The summed E-state index contributed by atoms with van der Waals surface area (Å²) in [6.45, 7) is 1.17. The molecule has 1 aliphatic carbocycles. The van der Waals surface area contributed by atoms with Crippen LogP contribution in [0.15, 0.2) is 66.9 Å². The predicted octanol–water partition coefficient (Wildman–Crippen LogP) is 6.64. The number of halogens is 3. The number of aromatic amines is 1. The average Bonchev–Trinajstić information content (AvgIpc) is 3.69. The Labute approximate surface area is 235 Å². The van der Waals surface area contributed by atoms with Crippen molar-refractivity contribution in [2.24, 2.45) is 0 Å². The van der Waals surface area contributed by atoms with Crippen LogP contribution in [0.4, 0.5) is 23.9 Å². The summed E-state index contributed by atoms with van der Waals surface area (Å²) in [6.07, 6.45) is 0.150. The highest BCUT2D eigenvalue weighted by Gasteiger charge is 2.32. The van der Waals surface area contributed by atoms with Gasteiger partial charge in [0.2, 0.25) is 5.95 Å². The zero-order valence-corrected chi connectivity index (χ0v) is 22.2. The van der Waals surface area contributed by atoms with Crippen LogP contribution < -0.4 is 5.32 Å². The molecule has 0 radical (unpaired) electrons. The second kappa shape index (κ2) is 11.2. The van der Waals surface area contributed by atoms with E-state index in [9.17, 15) is 18.0 Å². The summed E-state index contributed by atoms with van der Waals surface area (Å²) < 4.78 is 46.1. The van der Waals surface area contributed by atoms with Crippen LogP contribution in [0.25, 0.3) is 22.6 Å². The second-order valence-electron chi connectivity index (χ2n) is 10.4. The molecule has 1 amide bonds. The van der Waals surface area contributed by atoms with Gasteiger partial charge in [-0.15, -0.1) is 0 Å². The van der Waals surface area contributed by atoms with Gasteiger partial charge in [-0.1, -0.05) is 42.5 Å². The van der Waals surface area contributed by atoms with Crippen LogP contribution in [0.2, 0.25) is 0 Å². The van der Waals surface area contributed by atoms with Crippen LogP contribution in [0.5, 0.6) is 0 Å². The van der Waals surface area contributed by atoms with Gasteiger partial charge in [0.05, 0.1) is 22.6 Å². The van der Waals surface area contributed by atoms with E-state index < -0.39 is 11.7 Å². The van der Waals surface area contributed by atoms with Gasteiger partial charge in [-0.25, -0.2) is 19.7 Å². The van der Waals surface area contributed by atoms with E-state index in [4.69, 9.17) is 9.72 Å². The Hall–Kier alpha value is -4.41. The molecule has 0 atom stereocenters. The molecule has 1 saturated carbocycles. The lowest BCUT2D eigenvalue weighted by Crippen LogP contribution is -2.38. The molecule has 0 bridgehead atoms. The maximum Gasteiger partial charge on any atom is 0.416 e. The molecule has 1 saturated heterocycles. The molecule has 41 heavy (non-hydrogen) atoms. The number of rotatable bonds is 7. The van der Waals surface area contributed by atoms with E-state index in [1.807, 2.05) is 30.3 Å². The number of piperidine rings is 1. The van der Waals surface area contributed by atoms with Crippen molar-refractivity contribution in [3.8, 4) is 22.6 Å². The molecular formula is C30H29F3N6O2. The highest BCUT2D eigenvalue weighted by molar-refractivity contribution is 5.77. The smallest absolute Gasteiger partial charge is 0.416 e. The monoisotopic (exact) mass is 562 g/mol. The largest absolute Gasteiger partial charge is 0.445 e. The molecule has 2 aromatic heterocycles. The molecule has 2 aliphatic rings. The molecule has 6 rings (SSSR count). The first-order valence-corrected chi connectivity index (χ1v) is 13.7. The number of alkyl halides is 3. The average molecular weight is 563 g/mol. The fourth-order valence-corrected chi connectivity index (χ4v) is 4.95. The third kappa shape index (κ3) is 6.34. The SMILES string of the molecule is O=C(OCc1ccccc1)N1CCC(c2nc(-c3cccc(C(F)(F)F)c3)c(-c3ccnc(NC4CC4)n3)[nH]2)CC1. The number of ether oxygens (including phenoxy) is 1. The predicted molar refractivity (Wildman–Crippen MR) is 147 cm³/mol. The summed E-state index contributed by atoms with van der Waals surface area (Å²) in [4.78, 5) is 31.4. The topological polar surface area (TPSA) is 96.0 Å². The number of imidazole rings is 1. The number of nitrogens with one attached hydrogen (secondary N) is 2. The number of hydrogen-bond donors (Lipinski definition) is 2. The van der Waals surface area contributed by atoms with E-state index >= 15 is 0 Å². The first-order chi connectivity index (χ1) is 19.8. The summed E-state index contributed by atoms with van der Waals surface area (Å²) in [7, 11) is 0. The maximum atomic E-state index is 13.5. The zero-order valence-electron chi connectivity index (χ0n) is 22.2. The first-order valence-electron chi connectivity index (χ1n) is 13.7. The molecule has 11 heteroatoms. The van der Waals surface area contributed by atoms with Crippen LogP contribution in [0, 0.1) is 0 Å². The lowest BCUT2D eigenvalue weighted by atomic mass is 9.96. The van der Waals surface area contributed by atoms with Crippen molar-refractivity contribution in [1.29, 1.82) is 0 Å². The summed E-state index contributed by atoms with van der Waals surface area (Å²) in [5.41, 5.74) is 1.98. The number of nitrogens with zero attached hydrogens (tertiary/aromatic N) is 4. The number of amides is 1. The molecule has 0 unspecified atom stereocenters. The standard InChI is InChI=1S/C30H29F3N6O2/c31-30(32,33)22-8-4-7-21(17-22)25-26(24-11-14-34-28(36-24)35-23-9-10-23)38-27(37-25)20-12-15-39(16-13-20)29(40)41-18-19-5-2-1-3-6-19/h1-8,11,14,17,20,23H,9-10,12-13,15-16,18H2,(H,37,38)(H,34,35,36). The van der Waals surface area contributed by atoms with Crippen LogP contribution in [0.3, 0.4) is 0 Å². The first kappa shape index (κ1) is 26.8. The van der Waals surface area contributed by atoms with Crippen molar-refractivity contribution < 1.29 is 22.7 Å². The van der Waals surface area contributed by atoms with Gasteiger partial charge >= 0.3 is 12.3 Å². The summed E-state index contributed by atoms with van der Waals surface area (Å²) in [5, 5.41) is 3.27. The quantitative estimate of drug-likeness (QED) is 0.262. The number of carbonyl (C=O) groups is 1. The Bertz CT molecular complexity index is 1510. The van der Waals surface area contributed by atoms with E-state index in [0.29, 0.717) is 66.4 Å². The third-order valence-corrected chi connectivity index (χ3v) is 7.35. The van der Waals surface area contributed by atoms with Gasteiger partial charge in [0, 0.05) is 36.8 Å². The number of hydrogen-bond acceptors (Lipinski definition) is 6. The van der Waals surface area contributed by atoms with E-state index in [0.717, 1.165) is 30.5 Å².